The zero-order valence-electron chi connectivity index (χ0n) is 17.3. The van der Waals surface area contributed by atoms with Crippen LogP contribution in [-0.4, -0.2) is 39.5 Å². The number of carbonyl (C=O) groups excluding carboxylic acids is 1. The van der Waals surface area contributed by atoms with Crippen molar-refractivity contribution in [2.75, 3.05) is 29.2 Å². The number of aromatic nitrogens is 3. The van der Waals surface area contributed by atoms with Gasteiger partial charge in [0.05, 0.1) is 37.2 Å². The lowest BCUT2D eigenvalue weighted by Crippen LogP contribution is -2.40. The van der Waals surface area contributed by atoms with E-state index < -0.39 is 0 Å². The molecule has 3 fully saturated rings. The SMILES string of the molecule is O=C(Nc1cc(NCc2cn3cc(C4CC4)cc(NC4COC4)c3n2)ccn1)C1CC1. The van der Waals surface area contributed by atoms with Gasteiger partial charge in [0.25, 0.3) is 0 Å². The Kier molecular flexibility index (Phi) is 4.52. The Labute approximate surface area is 180 Å². The summed E-state index contributed by atoms with van der Waals surface area (Å²) in [7, 11) is 0. The minimum absolute atomic E-state index is 0.0633. The zero-order valence-corrected chi connectivity index (χ0v) is 17.3. The lowest BCUT2D eigenvalue weighted by molar-refractivity contribution is -0.117. The highest BCUT2D eigenvalue weighted by molar-refractivity contribution is 5.93. The van der Waals surface area contributed by atoms with Gasteiger partial charge < -0.3 is 25.1 Å². The van der Waals surface area contributed by atoms with Crippen LogP contribution in [0, 0.1) is 5.92 Å². The summed E-state index contributed by atoms with van der Waals surface area (Å²) in [6.07, 6.45) is 10.5. The first kappa shape index (κ1) is 18.6. The van der Waals surface area contributed by atoms with Crippen LogP contribution < -0.4 is 16.0 Å². The molecule has 8 heteroatoms. The molecule has 31 heavy (non-hydrogen) atoms. The van der Waals surface area contributed by atoms with E-state index in [0.29, 0.717) is 24.3 Å². The van der Waals surface area contributed by atoms with Gasteiger partial charge in [-0.1, -0.05) is 0 Å². The van der Waals surface area contributed by atoms with E-state index in [1.807, 2.05) is 12.1 Å². The van der Waals surface area contributed by atoms with Gasteiger partial charge in [-0.3, -0.25) is 4.79 Å². The van der Waals surface area contributed by atoms with Crippen LogP contribution in [0.25, 0.3) is 5.65 Å². The summed E-state index contributed by atoms with van der Waals surface area (Å²) >= 11 is 0. The maximum atomic E-state index is 12.0. The number of hydrogen-bond donors (Lipinski definition) is 3. The molecule has 1 aliphatic heterocycles. The Hall–Kier alpha value is -3.13. The molecule has 6 rings (SSSR count). The Morgan fingerprint density at radius 3 is 2.77 bits per heavy atom. The molecular weight excluding hydrogens is 392 g/mol. The molecule has 0 radical (unpaired) electrons. The highest BCUT2D eigenvalue weighted by Crippen LogP contribution is 2.41. The van der Waals surface area contributed by atoms with Crippen LogP contribution >= 0.6 is 0 Å². The van der Waals surface area contributed by atoms with Crippen molar-refractivity contribution < 1.29 is 9.53 Å². The largest absolute Gasteiger partial charge is 0.379 e. The lowest BCUT2D eigenvalue weighted by Gasteiger charge is -2.28. The third-order valence-corrected chi connectivity index (χ3v) is 6.10. The van der Waals surface area contributed by atoms with Crippen LogP contribution in [0.1, 0.15) is 42.9 Å². The highest BCUT2D eigenvalue weighted by Gasteiger charge is 2.30. The van der Waals surface area contributed by atoms with Gasteiger partial charge >= 0.3 is 0 Å². The molecule has 2 aliphatic carbocycles. The predicted octanol–water partition coefficient (Wildman–Crippen LogP) is 3.38. The molecule has 1 saturated heterocycles. The van der Waals surface area contributed by atoms with Crippen molar-refractivity contribution in [1.29, 1.82) is 0 Å². The average molecular weight is 419 g/mol. The number of hydrogen-bond acceptors (Lipinski definition) is 6. The molecule has 3 aromatic rings. The second-order valence-corrected chi connectivity index (χ2v) is 8.85. The van der Waals surface area contributed by atoms with Crippen molar-refractivity contribution >= 4 is 28.7 Å². The fourth-order valence-electron chi connectivity index (χ4n) is 3.92. The Morgan fingerprint density at radius 1 is 1.16 bits per heavy atom. The van der Waals surface area contributed by atoms with E-state index in [1.54, 1.807) is 6.20 Å². The van der Waals surface area contributed by atoms with E-state index in [2.05, 4.69) is 43.8 Å². The molecule has 0 bridgehead atoms. The molecule has 0 atom stereocenters. The first-order valence-corrected chi connectivity index (χ1v) is 11.1. The number of carbonyl (C=O) groups is 1. The third kappa shape index (κ3) is 4.07. The predicted molar refractivity (Wildman–Crippen MR) is 118 cm³/mol. The summed E-state index contributed by atoms with van der Waals surface area (Å²) in [6.45, 7) is 2.08. The summed E-state index contributed by atoms with van der Waals surface area (Å²) in [5.74, 6) is 1.48. The normalized spacial score (nSPS) is 18.6. The number of nitrogens with zero attached hydrogens (tertiary/aromatic N) is 3. The van der Waals surface area contributed by atoms with Gasteiger partial charge in [0.2, 0.25) is 5.91 Å². The van der Waals surface area contributed by atoms with Crippen molar-refractivity contribution in [3.8, 4) is 0 Å². The van der Waals surface area contributed by atoms with E-state index in [1.165, 1.54) is 18.4 Å². The van der Waals surface area contributed by atoms with Crippen LogP contribution in [0.5, 0.6) is 0 Å². The van der Waals surface area contributed by atoms with Gasteiger partial charge in [-0.05, 0) is 49.3 Å². The standard InChI is InChI=1S/C23H26N6O2/c30-23(15-3-4-15)28-21-8-17(5-6-24-21)25-9-18-11-29-10-16(14-1-2-14)7-20(22(29)27-18)26-19-12-31-13-19/h5-8,10-11,14-15,19,26H,1-4,9,12-13H2,(H2,24,25,28,30). The molecule has 2 saturated carbocycles. The molecule has 160 valence electrons. The van der Waals surface area contributed by atoms with Crippen LogP contribution in [0.3, 0.4) is 0 Å². The second-order valence-electron chi connectivity index (χ2n) is 8.85. The van der Waals surface area contributed by atoms with Crippen LogP contribution in [0.4, 0.5) is 17.2 Å². The fraction of sp³-hybridized carbons (Fsp3) is 0.435. The summed E-state index contributed by atoms with van der Waals surface area (Å²) < 4.78 is 7.46. The van der Waals surface area contributed by atoms with Crippen LogP contribution in [0.15, 0.2) is 36.8 Å². The molecule has 3 aliphatic rings. The number of ether oxygens (including phenoxy) is 1. The molecule has 0 aromatic carbocycles. The Bertz CT molecular complexity index is 1130. The van der Waals surface area contributed by atoms with Crippen molar-refractivity contribution in [2.45, 2.75) is 44.2 Å². The van der Waals surface area contributed by atoms with Crippen molar-refractivity contribution in [3.63, 3.8) is 0 Å². The summed E-state index contributed by atoms with van der Waals surface area (Å²) in [5, 5.41) is 9.89. The lowest BCUT2D eigenvalue weighted by atomic mass is 10.1. The number of imidazole rings is 1. The number of amides is 1. The zero-order chi connectivity index (χ0) is 20.8. The minimum Gasteiger partial charge on any atom is -0.379 e. The molecule has 1 amide bonds. The van der Waals surface area contributed by atoms with Crippen molar-refractivity contribution in [3.05, 3.63) is 48.0 Å². The molecule has 3 N–H and O–H groups in total. The van der Waals surface area contributed by atoms with E-state index in [9.17, 15) is 4.79 Å². The Balaban J connectivity index is 1.19. The highest BCUT2D eigenvalue weighted by atomic mass is 16.5. The average Bonchev–Trinajstić information content (AvgIpc) is 3.65. The maximum Gasteiger partial charge on any atom is 0.228 e. The molecule has 0 spiro atoms. The summed E-state index contributed by atoms with van der Waals surface area (Å²) in [4.78, 5) is 21.1. The summed E-state index contributed by atoms with van der Waals surface area (Å²) in [6, 6.07) is 6.38. The minimum atomic E-state index is 0.0633. The molecule has 4 heterocycles. The maximum absolute atomic E-state index is 12.0. The van der Waals surface area contributed by atoms with Gasteiger partial charge in [-0.15, -0.1) is 0 Å². The first-order valence-electron chi connectivity index (χ1n) is 11.1. The van der Waals surface area contributed by atoms with Crippen LogP contribution in [0.2, 0.25) is 0 Å². The monoisotopic (exact) mass is 418 g/mol. The van der Waals surface area contributed by atoms with Gasteiger partial charge in [0.15, 0.2) is 5.65 Å². The molecule has 8 nitrogen and oxygen atoms in total. The number of rotatable bonds is 8. The number of fused-ring (bicyclic) bond motifs is 1. The number of nitrogens with one attached hydrogen (secondary N) is 3. The molecular formula is C23H26N6O2. The Morgan fingerprint density at radius 2 is 2.03 bits per heavy atom. The van der Waals surface area contributed by atoms with Gasteiger partial charge in [-0.2, -0.15) is 0 Å². The second kappa shape index (κ2) is 7.53. The first-order chi connectivity index (χ1) is 15.2. The smallest absolute Gasteiger partial charge is 0.228 e. The van der Waals surface area contributed by atoms with E-state index >= 15 is 0 Å². The topological polar surface area (TPSA) is 92.6 Å². The summed E-state index contributed by atoms with van der Waals surface area (Å²) in [5.41, 5.74) is 5.26. The van der Waals surface area contributed by atoms with Gasteiger partial charge in [-0.25, -0.2) is 9.97 Å². The van der Waals surface area contributed by atoms with E-state index in [4.69, 9.17) is 9.72 Å². The van der Waals surface area contributed by atoms with Crippen molar-refractivity contribution in [2.24, 2.45) is 5.92 Å². The van der Waals surface area contributed by atoms with E-state index in [0.717, 1.165) is 48.8 Å². The van der Waals surface area contributed by atoms with Crippen molar-refractivity contribution in [1.82, 2.24) is 14.4 Å². The fourth-order valence-corrected chi connectivity index (χ4v) is 3.92. The number of pyridine rings is 2. The van der Waals surface area contributed by atoms with E-state index in [-0.39, 0.29) is 11.8 Å². The molecule has 3 aromatic heterocycles. The van der Waals surface area contributed by atoms with Gasteiger partial charge in [0.1, 0.15) is 5.82 Å². The third-order valence-electron chi connectivity index (χ3n) is 6.10. The van der Waals surface area contributed by atoms with Crippen LogP contribution in [-0.2, 0) is 16.1 Å². The quantitative estimate of drug-likeness (QED) is 0.519. The number of anilines is 3. The van der Waals surface area contributed by atoms with Gasteiger partial charge in [0, 0.05) is 36.3 Å². The molecule has 0 unspecified atom stereocenters.